The van der Waals surface area contributed by atoms with E-state index in [9.17, 15) is 0 Å². The van der Waals surface area contributed by atoms with Gasteiger partial charge < -0.3 is 15.6 Å². The Kier molecular flexibility index (Phi) is 9.67. The van der Waals surface area contributed by atoms with Crippen molar-refractivity contribution in [3.8, 4) is 33.4 Å². The van der Waals surface area contributed by atoms with E-state index in [0.717, 1.165) is 74.4 Å². The number of aryl methyl sites for hydroxylation is 1. The first kappa shape index (κ1) is 32.3. The van der Waals surface area contributed by atoms with Crippen LogP contribution in [0.25, 0.3) is 33.4 Å². The lowest BCUT2D eigenvalue weighted by molar-refractivity contribution is 0.400. The van der Waals surface area contributed by atoms with Gasteiger partial charge >= 0.3 is 0 Å². The number of pyridine rings is 1. The zero-order chi connectivity index (χ0) is 32.3. The summed E-state index contributed by atoms with van der Waals surface area (Å²) in [6.45, 7) is 17.6. The molecule has 0 fully saturated rings. The molecule has 0 saturated carbocycles. The highest BCUT2D eigenvalue weighted by Gasteiger charge is 2.20. The summed E-state index contributed by atoms with van der Waals surface area (Å²) in [6.07, 6.45) is 8.54. The molecule has 0 bridgehead atoms. The van der Waals surface area contributed by atoms with Crippen LogP contribution in [0.3, 0.4) is 0 Å². The van der Waals surface area contributed by atoms with Crippen molar-refractivity contribution in [3.05, 3.63) is 137 Å². The molecule has 5 heteroatoms. The quantitative estimate of drug-likeness (QED) is 0.184. The number of nitrogens with zero attached hydrogens (tertiary/aromatic N) is 2. The SMILES string of the molecule is C=C/C(=C\N=c1\cc(-c2cccc(-c3cccc(-c4ccc5c(c4)CC(N)C5)c3Cl)c2C)ccn1C)CNC(=C)CC(C)(C)C. The van der Waals surface area contributed by atoms with Gasteiger partial charge in [0.2, 0.25) is 0 Å². The first-order valence-electron chi connectivity index (χ1n) is 15.6. The number of allylic oxidation sites excluding steroid dienone is 1. The molecule has 3 N–H and O–H groups in total. The minimum Gasteiger partial charge on any atom is -0.385 e. The van der Waals surface area contributed by atoms with E-state index in [1.165, 1.54) is 16.7 Å². The van der Waals surface area contributed by atoms with Gasteiger partial charge in [-0.2, -0.15) is 0 Å². The molecule has 5 rings (SSSR count). The lowest BCUT2D eigenvalue weighted by atomic mass is 9.91. The van der Waals surface area contributed by atoms with Gasteiger partial charge in [0.1, 0.15) is 5.49 Å². The molecule has 1 unspecified atom stereocenters. The Hall–Kier alpha value is -4.12. The van der Waals surface area contributed by atoms with Crippen LogP contribution in [0.1, 0.15) is 43.9 Å². The van der Waals surface area contributed by atoms with Crippen LogP contribution in [0, 0.1) is 12.3 Å². The molecule has 45 heavy (non-hydrogen) atoms. The fourth-order valence-electron chi connectivity index (χ4n) is 6.13. The number of rotatable bonds is 9. The molecular weight excluding hydrogens is 572 g/mol. The van der Waals surface area contributed by atoms with E-state index in [1.54, 1.807) is 0 Å². The molecule has 1 aromatic heterocycles. The van der Waals surface area contributed by atoms with Crippen molar-refractivity contribution in [1.29, 1.82) is 0 Å². The molecule has 0 aliphatic heterocycles. The molecule has 4 nitrogen and oxygen atoms in total. The van der Waals surface area contributed by atoms with E-state index in [2.05, 4.69) is 119 Å². The molecule has 3 aromatic carbocycles. The van der Waals surface area contributed by atoms with Crippen LogP contribution in [0.4, 0.5) is 0 Å². The van der Waals surface area contributed by atoms with Crippen molar-refractivity contribution in [1.82, 2.24) is 9.88 Å². The topological polar surface area (TPSA) is 55.3 Å². The lowest BCUT2D eigenvalue weighted by Crippen LogP contribution is -2.20. The molecule has 0 saturated heterocycles. The maximum absolute atomic E-state index is 7.17. The van der Waals surface area contributed by atoms with Crippen molar-refractivity contribution in [2.24, 2.45) is 23.2 Å². The summed E-state index contributed by atoms with van der Waals surface area (Å²) in [5.74, 6) is 0. The zero-order valence-corrected chi connectivity index (χ0v) is 28.0. The molecule has 1 aliphatic carbocycles. The first-order valence-corrected chi connectivity index (χ1v) is 16.0. The normalized spacial score (nSPS) is 15.2. The number of halogens is 1. The average Bonchev–Trinajstić information content (AvgIpc) is 3.37. The lowest BCUT2D eigenvalue weighted by Gasteiger charge is -2.20. The molecule has 1 aliphatic rings. The molecule has 0 radical (unpaired) electrons. The molecular formula is C40H45ClN4. The highest BCUT2D eigenvalue weighted by atomic mass is 35.5. The Balaban J connectivity index is 1.45. The van der Waals surface area contributed by atoms with Gasteiger partial charge in [-0.15, -0.1) is 0 Å². The van der Waals surface area contributed by atoms with Gasteiger partial charge in [-0.1, -0.05) is 106 Å². The van der Waals surface area contributed by atoms with Crippen molar-refractivity contribution in [3.63, 3.8) is 0 Å². The van der Waals surface area contributed by atoms with E-state index in [0.29, 0.717) is 6.54 Å². The summed E-state index contributed by atoms with van der Waals surface area (Å²) in [4.78, 5) is 4.85. The molecule has 0 spiro atoms. The predicted molar refractivity (Wildman–Crippen MR) is 192 cm³/mol. The Labute approximate surface area is 273 Å². The van der Waals surface area contributed by atoms with E-state index >= 15 is 0 Å². The Morgan fingerprint density at radius 3 is 2.38 bits per heavy atom. The second-order valence-electron chi connectivity index (χ2n) is 13.4. The van der Waals surface area contributed by atoms with Crippen LogP contribution < -0.4 is 16.5 Å². The van der Waals surface area contributed by atoms with E-state index in [4.69, 9.17) is 22.3 Å². The fraction of sp³-hybridized carbons (Fsp3) is 0.275. The van der Waals surface area contributed by atoms with Crippen LogP contribution >= 0.6 is 11.6 Å². The minimum atomic E-state index is 0.182. The third-order valence-electron chi connectivity index (χ3n) is 8.45. The zero-order valence-electron chi connectivity index (χ0n) is 27.3. The van der Waals surface area contributed by atoms with E-state index in [-0.39, 0.29) is 11.5 Å². The van der Waals surface area contributed by atoms with Gasteiger partial charge in [-0.3, -0.25) is 0 Å². The van der Waals surface area contributed by atoms with Gasteiger partial charge in [0, 0.05) is 48.9 Å². The second kappa shape index (κ2) is 13.5. The van der Waals surface area contributed by atoms with Crippen LogP contribution in [-0.4, -0.2) is 17.2 Å². The van der Waals surface area contributed by atoms with Crippen LogP contribution in [0.5, 0.6) is 0 Å². The summed E-state index contributed by atoms with van der Waals surface area (Å²) < 4.78 is 2.02. The highest BCUT2D eigenvalue weighted by molar-refractivity contribution is 6.36. The molecule has 4 aromatic rings. The van der Waals surface area contributed by atoms with Gasteiger partial charge in [0.25, 0.3) is 0 Å². The largest absolute Gasteiger partial charge is 0.385 e. The third-order valence-corrected chi connectivity index (χ3v) is 8.86. The fourth-order valence-corrected chi connectivity index (χ4v) is 6.46. The van der Waals surface area contributed by atoms with E-state index in [1.807, 2.05) is 23.9 Å². The Bertz CT molecular complexity index is 1850. The summed E-state index contributed by atoms with van der Waals surface area (Å²) in [5.41, 5.74) is 19.7. The maximum Gasteiger partial charge on any atom is 0.132 e. The third kappa shape index (κ3) is 7.58. The average molecular weight is 617 g/mol. The Morgan fingerprint density at radius 2 is 1.64 bits per heavy atom. The molecule has 1 atom stereocenters. The number of nitrogens with two attached hydrogens (primary N) is 1. The monoisotopic (exact) mass is 616 g/mol. The van der Waals surface area contributed by atoms with Crippen molar-refractivity contribution >= 4 is 11.6 Å². The predicted octanol–water partition coefficient (Wildman–Crippen LogP) is 8.92. The number of fused-ring (bicyclic) bond motifs is 1. The first-order chi connectivity index (χ1) is 21.4. The Morgan fingerprint density at radius 1 is 0.978 bits per heavy atom. The molecule has 232 valence electrons. The smallest absolute Gasteiger partial charge is 0.132 e. The van der Waals surface area contributed by atoms with Crippen LogP contribution in [0.15, 0.2) is 115 Å². The van der Waals surface area contributed by atoms with Crippen molar-refractivity contribution in [2.75, 3.05) is 6.54 Å². The standard InChI is InChI=1S/C40H45ClN4/c1-8-28(24-43-26(2)23-40(4,5)6)25-44-38-22-31(17-18-45(38)7)34-11-9-12-35(27(34)3)37-14-10-13-36(39(37)41)30-16-15-29-20-33(42)21-32(29)19-30/h8-19,22,25,33,43H,1-2,20-21,23-24,42H2,3-7H3/b28-25+,44-38-. The highest BCUT2D eigenvalue weighted by Crippen LogP contribution is 2.40. The number of aromatic nitrogens is 1. The van der Waals surface area contributed by atoms with Crippen molar-refractivity contribution < 1.29 is 0 Å². The summed E-state index contributed by atoms with van der Waals surface area (Å²) in [7, 11) is 2.01. The number of hydrogen-bond donors (Lipinski definition) is 2. The van der Waals surface area contributed by atoms with Gasteiger partial charge in [-0.25, -0.2) is 4.99 Å². The number of nitrogens with one attached hydrogen (secondary N) is 1. The van der Waals surface area contributed by atoms with Gasteiger partial charge in [0.05, 0.1) is 5.02 Å². The summed E-state index contributed by atoms with van der Waals surface area (Å²) in [6, 6.07) is 23.8. The summed E-state index contributed by atoms with van der Waals surface area (Å²) in [5, 5.41) is 4.18. The minimum absolute atomic E-state index is 0.182. The maximum atomic E-state index is 7.17. The number of benzene rings is 3. The summed E-state index contributed by atoms with van der Waals surface area (Å²) >= 11 is 7.17. The molecule has 0 amide bonds. The number of hydrogen-bond acceptors (Lipinski definition) is 3. The molecule has 1 heterocycles. The van der Waals surface area contributed by atoms with Crippen LogP contribution in [0.2, 0.25) is 5.02 Å². The van der Waals surface area contributed by atoms with Crippen molar-refractivity contribution in [2.45, 2.75) is 53.0 Å². The second-order valence-corrected chi connectivity index (χ2v) is 13.8. The van der Waals surface area contributed by atoms with Crippen LogP contribution in [-0.2, 0) is 19.9 Å². The van der Waals surface area contributed by atoms with E-state index < -0.39 is 0 Å². The van der Waals surface area contributed by atoms with Gasteiger partial charge in [0.15, 0.2) is 0 Å². The van der Waals surface area contributed by atoms with Gasteiger partial charge in [-0.05, 0) is 88.3 Å².